The van der Waals surface area contributed by atoms with Gasteiger partial charge in [-0.1, -0.05) is 37.3 Å². The van der Waals surface area contributed by atoms with Gasteiger partial charge in [-0.15, -0.1) is 0 Å². The van der Waals surface area contributed by atoms with Crippen molar-refractivity contribution >= 4 is 12.0 Å². The van der Waals surface area contributed by atoms with Gasteiger partial charge in [-0.05, 0) is 57.2 Å². The molecule has 2 atom stereocenters. The molecule has 0 bridgehead atoms. The molecule has 2 aliphatic heterocycles. The molecule has 2 heterocycles. The molecule has 3 rings (SSSR count). The van der Waals surface area contributed by atoms with Crippen molar-refractivity contribution in [1.82, 2.24) is 15.1 Å². The fourth-order valence-electron chi connectivity index (χ4n) is 4.39. The molecule has 0 radical (unpaired) electrons. The van der Waals surface area contributed by atoms with Crippen molar-refractivity contribution in [2.45, 2.75) is 45.6 Å². The van der Waals surface area contributed by atoms with E-state index in [4.69, 9.17) is 4.74 Å². The zero-order chi connectivity index (χ0) is 20.6. The molecule has 6 nitrogen and oxygen atoms in total. The number of piperidine rings is 2. The SMILES string of the molecule is CCOC(=O)N1CCCC(C(=O)NCC(c2ccccc2)N2CCC(C)CC2)C1. The molecular weight excluding hydrogens is 366 g/mol. The standard InChI is InChI=1S/C23H35N3O3/c1-3-29-23(28)26-13-7-10-20(17-26)22(27)24-16-21(19-8-5-4-6-9-19)25-14-11-18(2)12-15-25/h4-6,8-9,18,20-21H,3,7,10-17H2,1-2H3,(H,24,27). The molecule has 2 unspecified atom stereocenters. The van der Waals surface area contributed by atoms with Crippen LogP contribution >= 0.6 is 0 Å². The summed E-state index contributed by atoms with van der Waals surface area (Å²) >= 11 is 0. The quantitative estimate of drug-likeness (QED) is 0.793. The minimum Gasteiger partial charge on any atom is -0.450 e. The summed E-state index contributed by atoms with van der Waals surface area (Å²) < 4.78 is 5.10. The monoisotopic (exact) mass is 401 g/mol. The highest BCUT2D eigenvalue weighted by Gasteiger charge is 2.30. The van der Waals surface area contributed by atoms with Crippen LogP contribution in [-0.2, 0) is 9.53 Å². The molecule has 2 aliphatic rings. The van der Waals surface area contributed by atoms with E-state index in [0.29, 0.717) is 26.2 Å². The Morgan fingerprint density at radius 1 is 1.14 bits per heavy atom. The number of amides is 2. The minimum atomic E-state index is -0.311. The van der Waals surface area contributed by atoms with Crippen molar-refractivity contribution in [3.63, 3.8) is 0 Å². The van der Waals surface area contributed by atoms with E-state index >= 15 is 0 Å². The lowest BCUT2D eigenvalue weighted by Gasteiger charge is -2.37. The maximum Gasteiger partial charge on any atom is 0.409 e. The number of benzene rings is 1. The van der Waals surface area contributed by atoms with Crippen LogP contribution in [0.2, 0.25) is 0 Å². The van der Waals surface area contributed by atoms with Crippen LogP contribution in [0.3, 0.4) is 0 Å². The first-order chi connectivity index (χ1) is 14.1. The molecule has 2 saturated heterocycles. The summed E-state index contributed by atoms with van der Waals surface area (Å²) in [5.41, 5.74) is 1.25. The average Bonchev–Trinajstić information content (AvgIpc) is 2.76. The molecule has 6 heteroatoms. The second kappa shape index (κ2) is 10.6. The zero-order valence-corrected chi connectivity index (χ0v) is 17.8. The van der Waals surface area contributed by atoms with E-state index in [1.165, 1.54) is 18.4 Å². The minimum absolute atomic E-state index is 0.0466. The van der Waals surface area contributed by atoms with Gasteiger partial charge in [0.1, 0.15) is 0 Å². The molecule has 1 N–H and O–H groups in total. The van der Waals surface area contributed by atoms with Gasteiger partial charge in [-0.25, -0.2) is 4.79 Å². The summed E-state index contributed by atoms with van der Waals surface area (Å²) in [7, 11) is 0. The van der Waals surface area contributed by atoms with Crippen molar-refractivity contribution < 1.29 is 14.3 Å². The highest BCUT2D eigenvalue weighted by molar-refractivity contribution is 5.80. The van der Waals surface area contributed by atoms with E-state index in [0.717, 1.165) is 31.8 Å². The highest BCUT2D eigenvalue weighted by atomic mass is 16.6. The van der Waals surface area contributed by atoms with Crippen LogP contribution in [0.15, 0.2) is 30.3 Å². The van der Waals surface area contributed by atoms with Crippen molar-refractivity contribution in [2.24, 2.45) is 11.8 Å². The molecule has 1 aromatic carbocycles. The van der Waals surface area contributed by atoms with Gasteiger partial charge >= 0.3 is 6.09 Å². The van der Waals surface area contributed by atoms with Gasteiger partial charge < -0.3 is 15.0 Å². The number of carbonyl (C=O) groups is 2. The maximum absolute atomic E-state index is 12.9. The van der Waals surface area contributed by atoms with Crippen molar-refractivity contribution in [2.75, 3.05) is 39.3 Å². The zero-order valence-electron chi connectivity index (χ0n) is 17.8. The Morgan fingerprint density at radius 3 is 2.55 bits per heavy atom. The highest BCUT2D eigenvalue weighted by Crippen LogP contribution is 2.26. The van der Waals surface area contributed by atoms with E-state index in [1.807, 2.05) is 6.07 Å². The van der Waals surface area contributed by atoms with Crippen LogP contribution in [-0.4, -0.2) is 61.1 Å². The number of rotatable bonds is 6. The van der Waals surface area contributed by atoms with Crippen LogP contribution in [0, 0.1) is 11.8 Å². The van der Waals surface area contributed by atoms with Gasteiger partial charge in [0, 0.05) is 19.6 Å². The Balaban J connectivity index is 1.60. The first kappa shape index (κ1) is 21.6. The van der Waals surface area contributed by atoms with E-state index in [1.54, 1.807) is 11.8 Å². The summed E-state index contributed by atoms with van der Waals surface area (Å²) in [4.78, 5) is 29.1. The van der Waals surface area contributed by atoms with Crippen molar-refractivity contribution in [3.8, 4) is 0 Å². The van der Waals surface area contributed by atoms with Crippen LogP contribution < -0.4 is 5.32 Å². The Hall–Kier alpha value is -2.08. The molecule has 2 amide bonds. The third-order valence-corrected chi connectivity index (χ3v) is 6.23. The Labute approximate surface area is 174 Å². The van der Waals surface area contributed by atoms with Gasteiger partial charge in [-0.3, -0.25) is 9.69 Å². The van der Waals surface area contributed by atoms with Gasteiger partial charge in [0.2, 0.25) is 5.91 Å². The number of nitrogens with zero attached hydrogens (tertiary/aromatic N) is 2. The van der Waals surface area contributed by atoms with Crippen LogP contribution in [0.5, 0.6) is 0 Å². The average molecular weight is 402 g/mol. The first-order valence-corrected chi connectivity index (χ1v) is 11.1. The van der Waals surface area contributed by atoms with Crippen LogP contribution in [0.1, 0.15) is 51.1 Å². The van der Waals surface area contributed by atoms with E-state index < -0.39 is 0 Å². The normalized spacial score (nSPS) is 22.1. The van der Waals surface area contributed by atoms with Gasteiger partial charge in [0.25, 0.3) is 0 Å². The van der Waals surface area contributed by atoms with E-state index in [9.17, 15) is 9.59 Å². The Kier molecular flexibility index (Phi) is 7.92. The summed E-state index contributed by atoms with van der Waals surface area (Å²) in [5, 5.41) is 3.19. The molecule has 0 saturated carbocycles. The largest absolute Gasteiger partial charge is 0.450 e. The first-order valence-electron chi connectivity index (χ1n) is 11.1. The molecule has 2 fully saturated rings. The second-order valence-electron chi connectivity index (χ2n) is 8.37. The fraction of sp³-hybridized carbons (Fsp3) is 0.652. The fourth-order valence-corrected chi connectivity index (χ4v) is 4.39. The molecule has 1 aromatic rings. The molecule has 0 aliphatic carbocycles. The Bertz CT molecular complexity index is 659. The predicted molar refractivity (Wildman–Crippen MR) is 113 cm³/mol. The van der Waals surface area contributed by atoms with Crippen LogP contribution in [0.4, 0.5) is 4.79 Å². The lowest BCUT2D eigenvalue weighted by atomic mass is 9.95. The molecule has 0 aromatic heterocycles. The maximum atomic E-state index is 12.9. The summed E-state index contributed by atoms with van der Waals surface area (Å²) in [5.74, 6) is 0.657. The Morgan fingerprint density at radius 2 is 1.86 bits per heavy atom. The number of carbonyl (C=O) groups excluding carboxylic acids is 2. The molecule has 160 valence electrons. The van der Waals surface area contributed by atoms with Crippen LogP contribution in [0.25, 0.3) is 0 Å². The second-order valence-corrected chi connectivity index (χ2v) is 8.37. The number of ether oxygens (including phenoxy) is 1. The molecule has 29 heavy (non-hydrogen) atoms. The lowest BCUT2D eigenvalue weighted by Crippen LogP contribution is -2.47. The van der Waals surface area contributed by atoms with E-state index in [-0.39, 0.29) is 24.0 Å². The molecular formula is C23H35N3O3. The third-order valence-electron chi connectivity index (χ3n) is 6.23. The van der Waals surface area contributed by atoms with E-state index in [2.05, 4.69) is 41.4 Å². The number of likely N-dealkylation sites (tertiary alicyclic amines) is 2. The van der Waals surface area contributed by atoms with Crippen molar-refractivity contribution in [3.05, 3.63) is 35.9 Å². The lowest BCUT2D eigenvalue weighted by molar-refractivity contribution is -0.126. The summed E-state index contributed by atoms with van der Waals surface area (Å²) in [6.45, 7) is 8.33. The summed E-state index contributed by atoms with van der Waals surface area (Å²) in [6.07, 6.45) is 3.75. The number of hydrogen-bond acceptors (Lipinski definition) is 4. The van der Waals surface area contributed by atoms with Gasteiger partial charge in [0.15, 0.2) is 0 Å². The van der Waals surface area contributed by atoms with Gasteiger partial charge in [0.05, 0.1) is 18.6 Å². The topological polar surface area (TPSA) is 61.9 Å². The number of hydrogen-bond donors (Lipinski definition) is 1. The summed E-state index contributed by atoms with van der Waals surface area (Å²) in [6, 6.07) is 10.7. The number of nitrogens with one attached hydrogen (secondary N) is 1. The third kappa shape index (κ3) is 5.95. The van der Waals surface area contributed by atoms with Crippen molar-refractivity contribution in [1.29, 1.82) is 0 Å². The van der Waals surface area contributed by atoms with Gasteiger partial charge in [-0.2, -0.15) is 0 Å². The smallest absolute Gasteiger partial charge is 0.409 e. The predicted octanol–water partition coefficient (Wildman–Crippen LogP) is 3.44. The molecule has 0 spiro atoms.